The zero-order chi connectivity index (χ0) is 13.8. The van der Waals surface area contributed by atoms with Crippen molar-refractivity contribution in [1.29, 1.82) is 0 Å². The molecular formula is C16H20BrNS. The molecule has 2 aromatic rings. The summed E-state index contributed by atoms with van der Waals surface area (Å²) in [7, 11) is 0. The molecule has 1 nitrogen and oxygen atoms in total. The molecule has 0 bridgehead atoms. The van der Waals surface area contributed by atoms with E-state index in [1.54, 1.807) is 11.3 Å². The third kappa shape index (κ3) is 3.68. The number of hydrogen-bond donors (Lipinski definition) is 1. The predicted molar refractivity (Wildman–Crippen MR) is 87.8 cm³/mol. The van der Waals surface area contributed by atoms with Gasteiger partial charge in [0.15, 0.2) is 0 Å². The lowest BCUT2D eigenvalue weighted by Gasteiger charge is -2.22. The summed E-state index contributed by atoms with van der Waals surface area (Å²) in [5.41, 5.74) is 2.68. The van der Waals surface area contributed by atoms with Crippen molar-refractivity contribution >= 4 is 27.3 Å². The summed E-state index contributed by atoms with van der Waals surface area (Å²) in [5, 5.41) is 5.86. The van der Waals surface area contributed by atoms with Crippen LogP contribution in [0.5, 0.6) is 0 Å². The minimum absolute atomic E-state index is 0.362. The average molecular weight is 338 g/mol. The van der Waals surface area contributed by atoms with Gasteiger partial charge in [0.25, 0.3) is 0 Å². The summed E-state index contributed by atoms with van der Waals surface area (Å²) in [4.78, 5) is 1.37. The fourth-order valence-electron chi connectivity index (χ4n) is 2.24. The van der Waals surface area contributed by atoms with E-state index in [0.29, 0.717) is 12.1 Å². The maximum absolute atomic E-state index is 3.73. The summed E-state index contributed by atoms with van der Waals surface area (Å²) in [6.07, 6.45) is 1.09. The molecule has 19 heavy (non-hydrogen) atoms. The van der Waals surface area contributed by atoms with E-state index in [1.165, 1.54) is 20.5 Å². The molecule has 0 amide bonds. The molecule has 0 radical (unpaired) electrons. The Hall–Kier alpha value is -0.640. The molecule has 0 aliphatic heterocycles. The van der Waals surface area contributed by atoms with Crippen LogP contribution in [0.15, 0.2) is 40.2 Å². The van der Waals surface area contributed by atoms with Gasteiger partial charge in [0.05, 0.1) is 0 Å². The minimum Gasteiger partial charge on any atom is -0.303 e. The lowest BCUT2D eigenvalue weighted by Crippen LogP contribution is -2.23. The molecule has 0 saturated carbocycles. The monoisotopic (exact) mass is 337 g/mol. The Balaban J connectivity index is 2.11. The highest BCUT2D eigenvalue weighted by Crippen LogP contribution is 2.31. The van der Waals surface area contributed by atoms with Crippen molar-refractivity contribution in [3.63, 3.8) is 0 Å². The van der Waals surface area contributed by atoms with E-state index in [9.17, 15) is 0 Å². The van der Waals surface area contributed by atoms with Gasteiger partial charge in [0, 0.05) is 21.4 Å². The van der Waals surface area contributed by atoms with Gasteiger partial charge in [-0.2, -0.15) is 0 Å². The van der Waals surface area contributed by atoms with E-state index in [1.807, 2.05) is 0 Å². The maximum Gasteiger partial charge on any atom is 0.0402 e. The van der Waals surface area contributed by atoms with Gasteiger partial charge in [-0.25, -0.2) is 0 Å². The summed E-state index contributed by atoms with van der Waals surface area (Å²) in [6, 6.07) is 11.7. The van der Waals surface area contributed by atoms with Crippen molar-refractivity contribution in [1.82, 2.24) is 5.32 Å². The van der Waals surface area contributed by atoms with E-state index < -0.39 is 0 Å². The van der Waals surface area contributed by atoms with Crippen LogP contribution in [0.2, 0.25) is 0 Å². The van der Waals surface area contributed by atoms with Crippen LogP contribution in [0, 0.1) is 6.92 Å². The van der Waals surface area contributed by atoms with Crippen LogP contribution >= 0.6 is 27.3 Å². The zero-order valence-electron chi connectivity index (χ0n) is 11.6. The summed E-state index contributed by atoms with van der Waals surface area (Å²) in [5.74, 6) is 0. The van der Waals surface area contributed by atoms with Gasteiger partial charge < -0.3 is 5.32 Å². The number of halogens is 1. The first-order chi connectivity index (χ1) is 9.11. The van der Waals surface area contributed by atoms with Crippen molar-refractivity contribution in [3.05, 3.63) is 56.2 Å². The van der Waals surface area contributed by atoms with Gasteiger partial charge in [0.2, 0.25) is 0 Å². The predicted octanol–water partition coefficient (Wildman–Crippen LogP) is 5.62. The second kappa shape index (κ2) is 6.69. The highest BCUT2D eigenvalue weighted by Gasteiger charge is 2.16. The number of nitrogens with one attached hydrogen (secondary N) is 1. The number of hydrogen-bond acceptors (Lipinski definition) is 2. The molecule has 1 aromatic carbocycles. The fraction of sp³-hybridized carbons (Fsp3) is 0.375. The second-order valence-electron chi connectivity index (χ2n) is 4.89. The third-order valence-electron chi connectivity index (χ3n) is 3.38. The molecule has 2 rings (SSSR count). The Kier molecular flexibility index (Phi) is 5.20. The number of benzene rings is 1. The molecule has 0 saturated heterocycles. The van der Waals surface area contributed by atoms with Crippen LogP contribution in [0.1, 0.15) is 48.4 Å². The minimum atomic E-state index is 0.362. The molecule has 0 aliphatic carbocycles. The van der Waals surface area contributed by atoms with E-state index in [2.05, 4.69) is 77.7 Å². The lowest BCUT2D eigenvalue weighted by atomic mass is 10.0. The summed E-state index contributed by atoms with van der Waals surface area (Å²) in [6.45, 7) is 6.59. The van der Waals surface area contributed by atoms with Gasteiger partial charge in [-0.05, 0) is 53.2 Å². The molecule has 0 fully saturated rings. The van der Waals surface area contributed by atoms with Crippen LogP contribution in [0.4, 0.5) is 0 Å². The van der Waals surface area contributed by atoms with Crippen LogP contribution < -0.4 is 5.32 Å². The smallest absolute Gasteiger partial charge is 0.0402 e. The first-order valence-electron chi connectivity index (χ1n) is 6.67. The molecule has 0 aliphatic rings. The Bertz CT molecular complexity index is 518. The molecule has 1 N–H and O–H groups in total. The van der Waals surface area contributed by atoms with Gasteiger partial charge in [0.1, 0.15) is 0 Å². The fourth-order valence-corrected chi connectivity index (χ4v) is 3.97. The van der Waals surface area contributed by atoms with Crippen LogP contribution in [-0.4, -0.2) is 0 Å². The highest BCUT2D eigenvalue weighted by atomic mass is 79.9. The molecule has 102 valence electrons. The van der Waals surface area contributed by atoms with Crippen molar-refractivity contribution in [2.24, 2.45) is 0 Å². The van der Waals surface area contributed by atoms with Crippen LogP contribution in [0.25, 0.3) is 0 Å². The molecule has 2 unspecified atom stereocenters. The standard InChI is InChI=1S/C16H20BrNS/c1-4-15(13-7-5-11(2)6-8-13)18-12(3)16-14(17)9-10-19-16/h5-10,12,15,18H,4H2,1-3H3. The van der Waals surface area contributed by atoms with Gasteiger partial charge in [-0.15, -0.1) is 11.3 Å². The Morgan fingerprint density at radius 1 is 1.21 bits per heavy atom. The van der Waals surface area contributed by atoms with Crippen LogP contribution in [0.3, 0.4) is 0 Å². The summed E-state index contributed by atoms with van der Waals surface area (Å²) < 4.78 is 1.20. The molecule has 3 heteroatoms. The number of thiophene rings is 1. The lowest BCUT2D eigenvalue weighted by molar-refractivity contribution is 0.460. The maximum atomic E-state index is 3.73. The van der Waals surface area contributed by atoms with Gasteiger partial charge in [-0.1, -0.05) is 36.8 Å². The first kappa shape index (κ1) is 14.8. The number of aryl methyl sites for hydroxylation is 1. The first-order valence-corrected chi connectivity index (χ1v) is 8.34. The SMILES string of the molecule is CCC(NC(C)c1sccc1Br)c1ccc(C)cc1. The third-order valence-corrected chi connectivity index (χ3v) is 5.43. The largest absolute Gasteiger partial charge is 0.303 e. The van der Waals surface area contributed by atoms with Crippen LogP contribution in [-0.2, 0) is 0 Å². The second-order valence-corrected chi connectivity index (χ2v) is 6.69. The molecular weight excluding hydrogens is 318 g/mol. The topological polar surface area (TPSA) is 12.0 Å². The molecule has 0 spiro atoms. The Morgan fingerprint density at radius 3 is 2.42 bits per heavy atom. The van der Waals surface area contributed by atoms with E-state index >= 15 is 0 Å². The van der Waals surface area contributed by atoms with Crippen molar-refractivity contribution < 1.29 is 0 Å². The molecule has 1 aromatic heterocycles. The normalized spacial score (nSPS) is 14.3. The average Bonchev–Trinajstić information content (AvgIpc) is 2.83. The summed E-state index contributed by atoms with van der Waals surface area (Å²) >= 11 is 5.41. The van der Waals surface area contributed by atoms with Gasteiger partial charge >= 0.3 is 0 Å². The van der Waals surface area contributed by atoms with Crippen molar-refractivity contribution in [2.45, 2.75) is 39.3 Å². The zero-order valence-corrected chi connectivity index (χ0v) is 14.0. The highest BCUT2D eigenvalue weighted by molar-refractivity contribution is 9.10. The Morgan fingerprint density at radius 2 is 1.89 bits per heavy atom. The van der Waals surface area contributed by atoms with E-state index in [0.717, 1.165) is 6.42 Å². The van der Waals surface area contributed by atoms with Crippen molar-refractivity contribution in [2.75, 3.05) is 0 Å². The molecule has 2 atom stereocenters. The molecule has 1 heterocycles. The van der Waals surface area contributed by atoms with E-state index in [-0.39, 0.29) is 0 Å². The quantitative estimate of drug-likeness (QED) is 0.746. The van der Waals surface area contributed by atoms with Crippen molar-refractivity contribution in [3.8, 4) is 0 Å². The van der Waals surface area contributed by atoms with E-state index in [4.69, 9.17) is 0 Å². The Labute approximate surface area is 128 Å². The number of rotatable bonds is 5. The van der Waals surface area contributed by atoms with Gasteiger partial charge in [-0.3, -0.25) is 0 Å².